The monoisotopic (exact) mass is 298 g/mol. The third-order valence-electron chi connectivity index (χ3n) is 2.70. The molecule has 0 bridgehead atoms. The molecule has 0 amide bonds. The van der Waals surface area contributed by atoms with E-state index in [0.29, 0.717) is 16.3 Å². The second-order valence-electron chi connectivity index (χ2n) is 4.08. The lowest BCUT2D eigenvalue weighted by atomic mass is 10.1. The van der Waals surface area contributed by atoms with Crippen LogP contribution in [0.1, 0.15) is 16.0 Å². The molecule has 0 radical (unpaired) electrons. The lowest BCUT2D eigenvalue weighted by molar-refractivity contribution is 0.280. The SMILES string of the molecule is Cc1cnc(NS(=O)(=O)c2cccc(CO)c2C)s1. The zero-order chi connectivity index (χ0) is 14.0. The molecule has 1 aromatic heterocycles. The van der Waals surface area contributed by atoms with E-state index in [1.165, 1.54) is 17.4 Å². The van der Waals surface area contributed by atoms with Crippen LogP contribution in [0.4, 0.5) is 5.13 Å². The van der Waals surface area contributed by atoms with Crippen molar-refractivity contribution in [3.05, 3.63) is 40.4 Å². The number of hydrogen-bond acceptors (Lipinski definition) is 5. The van der Waals surface area contributed by atoms with Gasteiger partial charge in [0.1, 0.15) is 0 Å². The highest BCUT2D eigenvalue weighted by atomic mass is 32.2. The van der Waals surface area contributed by atoms with Gasteiger partial charge in [-0.3, -0.25) is 4.72 Å². The molecule has 2 N–H and O–H groups in total. The summed E-state index contributed by atoms with van der Waals surface area (Å²) in [7, 11) is -3.68. The third-order valence-corrected chi connectivity index (χ3v) is 5.14. The van der Waals surface area contributed by atoms with E-state index >= 15 is 0 Å². The van der Waals surface area contributed by atoms with Crippen LogP contribution in [0.3, 0.4) is 0 Å². The number of thiazole rings is 1. The normalized spacial score (nSPS) is 11.5. The van der Waals surface area contributed by atoms with Gasteiger partial charge in [-0.1, -0.05) is 12.1 Å². The lowest BCUT2D eigenvalue weighted by Crippen LogP contribution is -2.14. The Kier molecular flexibility index (Phi) is 3.88. The molecule has 1 heterocycles. The molecule has 0 saturated carbocycles. The first-order chi connectivity index (χ1) is 8.94. The van der Waals surface area contributed by atoms with E-state index < -0.39 is 10.0 Å². The quantitative estimate of drug-likeness (QED) is 0.905. The third kappa shape index (κ3) is 2.94. The first-order valence-electron chi connectivity index (χ1n) is 5.58. The minimum atomic E-state index is -3.68. The molecule has 0 aliphatic heterocycles. The molecular formula is C12H14N2O3S2. The highest BCUT2D eigenvalue weighted by Crippen LogP contribution is 2.24. The van der Waals surface area contributed by atoms with Gasteiger partial charge in [-0.15, -0.1) is 11.3 Å². The van der Waals surface area contributed by atoms with Gasteiger partial charge in [-0.2, -0.15) is 0 Å². The Hall–Kier alpha value is -1.44. The number of nitrogens with zero attached hydrogens (tertiary/aromatic N) is 1. The van der Waals surface area contributed by atoms with Crippen molar-refractivity contribution in [1.82, 2.24) is 4.98 Å². The summed E-state index contributed by atoms with van der Waals surface area (Å²) in [6.45, 7) is 3.34. The number of nitrogens with one attached hydrogen (secondary N) is 1. The Labute approximate surface area is 116 Å². The largest absolute Gasteiger partial charge is 0.392 e. The van der Waals surface area contributed by atoms with Crippen LogP contribution >= 0.6 is 11.3 Å². The standard InChI is InChI=1S/C12H14N2O3S2/c1-8-6-13-12(18-8)14-19(16,17)11-5-3-4-10(7-15)9(11)2/h3-6,15H,7H2,1-2H3,(H,13,14). The van der Waals surface area contributed by atoms with Gasteiger partial charge < -0.3 is 5.11 Å². The number of aryl methyl sites for hydroxylation is 1. The maximum absolute atomic E-state index is 12.3. The summed E-state index contributed by atoms with van der Waals surface area (Å²) in [5.41, 5.74) is 1.14. The molecule has 7 heteroatoms. The fourth-order valence-electron chi connectivity index (χ4n) is 1.69. The maximum atomic E-state index is 12.3. The number of anilines is 1. The van der Waals surface area contributed by atoms with Crippen LogP contribution in [0, 0.1) is 13.8 Å². The average molecular weight is 298 g/mol. The van der Waals surface area contributed by atoms with E-state index in [9.17, 15) is 13.5 Å². The number of rotatable bonds is 4. The molecule has 0 unspecified atom stereocenters. The van der Waals surface area contributed by atoms with Crippen LogP contribution in [-0.2, 0) is 16.6 Å². The highest BCUT2D eigenvalue weighted by Gasteiger charge is 2.19. The molecule has 2 aromatic rings. The molecule has 0 atom stereocenters. The van der Waals surface area contributed by atoms with Crippen molar-refractivity contribution < 1.29 is 13.5 Å². The number of aliphatic hydroxyl groups is 1. The van der Waals surface area contributed by atoms with Crippen LogP contribution in [0.5, 0.6) is 0 Å². The molecule has 0 saturated heterocycles. The maximum Gasteiger partial charge on any atom is 0.263 e. The van der Waals surface area contributed by atoms with Crippen LogP contribution in [-0.4, -0.2) is 18.5 Å². The van der Waals surface area contributed by atoms with Gasteiger partial charge in [0.15, 0.2) is 5.13 Å². The number of hydrogen-bond donors (Lipinski definition) is 2. The Morgan fingerprint density at radius 2 is 2.11 bits per heavy atom. The molecule has 19 heavy (non-hydrogen) atoms. The molecule has 2 rings (SSSR count). The van der Waals surface area contributed by atoms with Gasteiger partial charge in [0, 0.05) is 11.1 Å². The highest BCUT2D eigenvalue weighted by molar-refractivity contribution is 7.93. The van der Waals surface area contributed by atoms with E-state index in [2.05, 4.69) is 9.71 Å². The molecule has 0 spiro atoms. The zero-order valence-electron chi connectivity index (χ0n) is 10.5. The minimum Gasteiger partial charge on any atom is -0.392 e. The second-order valence-corrected chi connectivity index (χ2v) is 6.97. The average Bonchev–Trinajstić information content (AvgIpc) is 2.74. The van der Waals surface area contributed by atoms with Crippen molar-refractivity contribution in [2.45, 2.75) is 25.3 Å². The first-order valence-corrected chi connectivity index (χ1v) is 7.88. The molecule has 5 nitrogen and oxygen atoms in total. The predicted molar refractivity (Wildman–Crippen MR) is 74.8 cm³/mol. The van der Waals surface area contributed by atoms with Gasteiger partial charge >= 0.3 is 0 Å². The summed E-state index contributed by atoms with van der Waals surface area (Å²) in [5, 5.41) is 9.52. The van der Waals surface area contributed by atoms with Crippen LogP contribution in [0.15, 0.2) is 29.3 Å². The van der Waals surface area contributed by atoms with Crippen LogP contribution < -0.4 is 4.72 Å². The summed E-state index contributed by atoms with van der Waals surface area (Å²) < 4.78 is 27.0. The van der Waals surface area contributed by atoms with E-state index in [1.807, 2.05) is 6.92 Å². The van der Waals surface area contributed by atoms with E-state index in [-0.39, 0.29) is 11.5 Å². The number of aromatic nitrogens is 1. The van der Waals surface area contributed by atoms with Gasteiger partial charge in [-0.25, -0.2) is 13.4 Å². The van der Waals surface area contributed by atoms with Crippen molar-refractivity contribution in [3.8, 4) is 0 Å². The van der Waals surface area contributed by atoms with Crippen LogP contribution in [0.2, 0.25) is 0 Å². The van der Waals surface area contributed by atoms with Crippen molar-refractivity contribution in [3.63, 3.8) is 0 Å². The second kappa shape index (κ2) is 5.28. The molecule has 0 aliphatic rings. The summed E-state index contributed by atoms with van der Waals surface area (Å²) in [6, 6.07) is 4.82. The molecule has 0 aliphatic carbocycles. The summed E-state index contributed by atoms with van der Waals surface area (Å²) in [4.78, 5) is 5.07. The van der Waals surface area contributed by atoms with Crippen molar-refractivity contribution in [2.75, 3.05) is 4.72 Å². The van der Waals surface area contributed by atoms with Crippen LogP contribution in [0.25, 0.3) is 0 Å². The van der Waals surface area contributed by atoms with Crippen molar-refractivity contribution in [1.29, 1.82) is 0 Å². The van der Waals surface area contributed by atoms with Gasteiger partial charge in [-0.05, 0) is 31.0 Å². The van der Waals surface area contributed by atoms with Crippen molar-refractivity contribution >= 4 is 26.5 Å². The predicted octanol–water partition coefficient (Wildman–Crippen LogP) is 2.05. The van der Waals surface area contributed by atoms with Gasteiger partial charge in [0.25, 0.3) is 10.0 Å². The van der Waals surface area contributed by atoms with Gasteiger partial charge in [0.05, 0.1) is 11.5 Å². The zero-order valence-corrected chi connectivity index (χ0v) is 12.2. The Balaban J connectivity index is 2.40. The number of aliphatic hydroxyl groups excluding tert-OH is 1. The Morgan fingerprint density at radius 3 is 2.68 bits per heavy atom. The van der Waals surface area contributed by atoms with E-state index in [4.69, 9.17) is 0 Å². The Bertz CT molecular complexity index is 693. The van der Waals surface area contributed by atoms with E-state index in [1.54, 1.807) is 25.3 Å². The first kappa shape index (κ1) is 14.0. The lowest BCUT2D eigenvalue weighted by Gasteiger charge is -2.10. The van der Waals surface area contributed by atoms with E-state index in [0.717, 1.165) is 4.88 Å². The molecule has 102 valence electrons. The smallest absolute Gasteiger partial charge is 0.263 e. The Morgan fingerprint density at radius 1 is 1.37 bits per heavy atom. The molecule has 1 aromatic carbocycles. The topological polar surface area (TPSA) is 79.3 Å². The number of sulfonamides is 1. The number of benzene rings is 1. The van der Waals surface area contributed by atoms with Crippen molar-refractivity contribution in [2.24, 2.45) is 0 Å². The summed E-state index contributed by atoms with van der Waals surface area (Å²) >= 11 is 1.27. The van der Waals surface area contributed by atoms with Gasteiger partial charge in [0.2, 0.25) is 0 Å². The minimum absolute atomic E-state index is 0.159. The summed E-state index contributed by atoms with van der Waals surface area (Å²) in [6.07, 6.45) is 1.61. The molecule has 0 fully saturated rings. The fraction of sp³-hybridized carbons (Fsp3) is 0.250. The summed E-state index contributed by atoms with van der Waals surface area (Å²) in [5.74, 6) is 0. The molecular weight excluding hydrogens is 284 g/mol. The fourth-order valence-corrected chi connectivity index (χ4v) is 3.89.